The second-order valence-electron chi connectivity index (χ2n) is 6.30. The minimum atomic E-state index is -0.344. The smallest absolute Gasteiger partial charge is 0.258 e. The predicted molar refractivity (Wildman–Crippen MR) is 93.6 cm³/mol. The van der Waals surface area contributed by atoms with Crippen molar-refractivity contribution in [3.05, 3.63) is 29.5 Å². The van der Waals surface area contributed by atoms with Crippen LogP contribution in [0.4, 0.5) is 0 Å². The number of nitrogens with zero attached hydrogens (tertiary/aromatic N) is 2. The molecule has 1 aromatic heterocycles. The Morgan fingerprint density at radius 1 is 1.24 bits per heavy atom. The van der Waals surface area contributed by atoms with E-state index in [0.29, 0.717) is 48.8 Å². The number of methoxy groups -OCH3 is 1. The lowest BCUT2D eigenvalue weighted by atomic mass is 10.1. The van der Waals surface area contributed by atoms with Gasteiger partial charge in [-0.05, 0) is 32.0 Å². The molecule has 1 aromatic carbocycles. The summed E-state index contributed by atoms with van der Waals surface area (Å²) in [7, 11) is 1.59. The molecule has 2 aromatic rings. The van der Waals surface area contributed by atoms with E-state index in [1.807, 2.05) is 23.1 Å². The quantitative estimate of drug-likeness (QED) is 0.904. The molecule has 1 saturated heterocycles. The van der Waals surface area contributed by atoms with E-state index in [0.717, 1.165) is 5.39 Å². The molecule has 2 amide bonds. The lowest BCUT2D eigenvalue weighted by Gasteiger charge is -2.36. The Morgan fingerprint density at radius 3 is 2.52 bits per heavy atom. The van der Waals surface area contributed by atoms with Crippen LogP contribution in [0.15, 0.2) is 22.6 Å². The Balaban J connectivity index is 1.81. The summed E-state index contributed by atoms with van der Waals surface area (Å²) in [6, 6.07) is 5.12. The molecule has 0 aliphatic carbocycles. The summed E-state index contributed by atoms with van der Waals surface area (Å²) in [5, 5.41) is 0.759. The highest BCUT2D eigenvalue weighted by Crippen LogP contribution is 2.30. The van der Waals surface area contributed by atoms with Crippen LogP contribution in [0.3, 0.4) is 0 Å². The first kappa shape index (κ1) is 17.3. The fraction of sp³-hybridized carbons (Fsp3) is 0.444. The summed E-state index contributed by atoms with van der Waals surface area (Å²) >= 11 is 0. The summed E-state index contributed by atoms with van der Waals surface area (Å²) in [6.07, 6.45) is 0. The van der Waals surface area contributed by atoms with Gasteiger partial charge < -0.3 is 19.8 Å². The highest BCUT2D eigenvalue weighted by Gasteiger charge is 2.29. The van der Waals surface area contributed by atoms with Crippen molar-refractivity contribution in [2.75, 3.05) is 33.3 Å². The number of rotatable bonds is 4. The second kappa shape index (κ2) is 6.76. The minimum absolute atomic E-state index is 0.0594. The predicted octanol–water partition coefficient (Wildman–Crippen LogP) is 1.38. The molecule has 7 heteroatoms. The zero-order valence-electron chi connectivity index (χ0n) is 14.7. The summed E-state index contributed by atoms with van der Waals surface area (Å²) in [4.78, 5) is 28.1. The Bertz CT molecular complexity index is 806. The van der Waals surface area contributed by atoms with Gasteiger partial charge in [-0.1, -0.05) is 0 Å². The van der Waals surface area contributed by atoms with Gasteiger partial charge in [0.25, 0.3) is 5.91 Å². The third kappa shape index (κ3) is 3.19. The first-order chi connectivity index (χ1) is 11.9. The Morgan fingerprint density at radius 2 is 1.92 bits per heavy atom. The molecule has 0 saturated carbocycles. The largest absolute Gasteiger partial charge is 0.497 e. The van der Waals surface area contributed by atoms with Gasteiger partial charge in [-0.2, -0.15) is 0 Å². The SMILES string of the molecule is COc1ccc2oc(C)c(C(=O)N3CCN([C@@H](C)C(N)=O)CC3)c2c1. The monoisotopic (exact) mass is 345 g/mol. The number of amides is 2. The fourth-order valence-electron chi connectivity index (χ4n) is 3.24. The molecule has 2 heterocycles. The van der Waals surface area contributed by atoms with E-state index in [2.05, 4.69) is 0 Å². The van der Waals surface area contributed by atoms with Crippen molar-refractivity contribution in [2.45, 2.75) is 19.9 Å². The van der Waals surface area contributed by atoms with E-state index < -0.39 is 0 Å². The fourth-order valence-corrected chi connectivity index (χ4v) is 3.24. The molecule has 25 heavy (non-hydrogen) atoms. The van der Waals surface area contributed by atoms with Gasteiger partial charge in [0.2, 0.25) is 5.91 Å². The van der Waals surface area contributed by atoms with Crippen LogP contribution in [-0.2, 0) is 4.79 Å². The zero-order chi connectivity index (χ0) is 18.1. The number of carbonyl (C=O) groups is 2. The number of fused-ring (bicyclic) bond motifs is 1. The maximum Gasteiger partial charge on any atom is 0.258 e. The lowest BCUT2D eigenvalue weighted by molar-refractivity contribution is -0.123. The number of aryl methyl sites for hydroxylation is 1. The number of piperazine rings is 1. The van der Waals surface area contributed by atoms with Crippen LogP contribution < -0.4 is 10.5 Å². The van der Waals surface area contributed by atoms with E-state index in [4.69, 9.17) is 14.9 Å². The van der Waals surface area contributed by atoms with Crippen molar-refractivity contribution >= 4 is 22.8 Å². The molecule has 7 nitrogen and oxygen atoms in total. The summed E-state index contributed by atoms with van der Waals surface area (Å²) in [5.74, 6) is 0.878. The molecule has 1 atom stereocenters. The number of benzene rings is 1. The third-order valence-electron chi connectivity index (χ3n) is 4.85. The van der Waals surface area contributed by atoms with E-state index in [-0.39, 0.29) is 17.9 Å². The lowest BCUT2D eigenvalue weighted by Crippen LogP contribution is -2.54. The molecular weight excluding hydrogens is 322 g/mol. The van der Waals surface area contributed by atoms with Crippen LogP contribution in [0.5, 0.6) is 5.75 Å². The third-order valence-corrected chi connectivity index (χ3v) is 4.85. The summed E-state index contributed by atoms with van der Waals surface area (Å²) < 4.78 is 11.0. The number of furan rings is 1. The molecule has 0 spiro atoms. The molecule has 134 valence electrons. The van der Waals surface area contributed by atoms with Crippen LogP contribution in [0, 0.1) is 6.92 Å². The standard InChI is InChI=1S/C18H23N3O4/c1-11(17(19)22)20-6-8-21(9-7-20)18(23)16-12(2)25-15-5-4-13(24-3)10-14(15)16/h4-5,10-11H,6-9H2,1-3H3,(H2,19,22)/t11-/m0/s1. The normalized spacial score (nSPS) is 16.8. The van der Waals surface area contributed by atoms with E-state index in [1.165, 1.54) is 0 Å². The van der Waals surface area contributed by atoms with E-state index in [9.17, 15) is 9.59 Å². The number of carbonyl (C=O) groups excluding carboxylic acids is 2. The van der Waals surface area contributed by atoms with Crippen molar-refractivity contribution < 1.29 is 18.7 Å². The van der Waals surface area contributed by atoms with Crippen LogP contribution in [0.2, 0.25) is 0 Å². The molecule has 1 aliphatic heterocycles. The van der Waals surface area contributed by atoms with Gasteiger partial charge >= 0.3 is 0 Å². The van der Waals surface area contributed by atoms with Gasteiger partial charge in [0.1, 0.15) is 17.1 Å². The summed E-state index contributed by atoms with van der Waals surface area (Å²) in [6.45, 7) is 5.92. The molecule has 1 fully saturated rings. The number of primary amides is 1. The van der Waals surface area contributed by atoms with Gasteiger partial charge in [0, 0.05) is 31.6 Å². The Hall–Kier alpha value is -2.54. The van der Waals surface area contributed by atoms with Crippen LogP contribution in [0.25, 0.3) is 11.0 Å². The van der Waals surface area contributed by atoms with Gasteiger partial charge in [0.15, 0.2) is 0 Å². The van der Waals surface area contributed by atoms with Crippen molar-refractivity contribution in [1.29, 1.82) is 0 Å². The number of nitrogens with two attached hydrogens (primary N) is 1. The van der Waals surface area contributed by atoms with Crippen molar-refractivity contribution in [3.63, 3.8) is 0 Å². The zero-order valence-corrected chi connectivity index (χ0v) is 14.7. The van der Waals surface area contributed by atoms with E-state index in [1.54, 1.807) is 25.9 Å². The molecular formula is C18H23N3O4. The van der Waals surface area contributed by atoms with Crippen LogP contribution >= 0.6 is 0 Å². The molecule has 0 unspecified atom stereocenters. The number of hydrogen-bond donors (Lipinski definition) is 1. The molecule has 1 aliphatic rings. The minimum Gasteiger partial charge on any atom is -0.497 e. The number of ether oxygens (including phenoxy) is 1. The average Bonchev–Trinajstić information content (AvgIpc) is 2.95. The van der Waals surface area contributed by atoms with Gasteiger partial charge in [-0.15, -0.1) is 0 Å². The maximum atomic E-state index is 13.0. The molecule has 2 N–H and O–H groups in total. The maximum absolute atomic E-state index is 13.0. The average molecular weight is 345 g/mol. The van der Waals surface area contributed by atoms with Crippen molar-refractivity contribution in [2.24, 2.45) is 5.73 Å². The molecule has 0 radical (unpaired) electrons. The van der Waals surface area contributed by atoms with Crippen LogP contribution in [-0.4, -0.2) is 60.9 Å². The molecule has 0 bridgehead atoms. The summed E-state index contributed by atoms with van der Waals surface area (Å²) in [5.41, 5.74) is 6.61. The van der Waals surface area contributed by atoms with Gasteiger partial charge in [0.05, 0.1) is 18.7 Å². The topological polar surface area (TPSA) is 89.0 Å². The van der Waals surface area contributed by atoms with Crippen LogP contribution in [0.1, 0.15) is 23.0 Å². The Labute approximate surface area is 146 Å². The number of hydrogen-bond acceptors (Lipinski definition) is 5. The first-order valence-corrected chi connectivity index (χ1v) is 8.32. The molecule has 3 rings (SSSR count). The van der Waals surface area contributed by atoms with Gasteiger partial charge in [-0.25, -0.2) is 0 Å². The highest BCUT2D eigenvalue weighted by atomic mass is 16.5. The highest BCUT2D eigenvalue weighted by molar-refractivity contribution is 6.07. The van der Waals surface area contributed by atoms with Crippen molar-refractivity contribution in [3.8, 4) is 5.75 Å². The van der Waals surface area contributed by atoms with E-state index >= 15 is 0 Å². The van der Waals surface area contributed by atoms with Crippen molar-refractivity contribution in [1.82, 2.24) is 9.80 Å². The second-order valence-corrected chi connectivity index (χ2v) is 6.30. The van der Waals surface area contributed by atoms with Gasteiger partial charge in [-0.3, -0.25) is 14.5 Å². The first-order valence-electron chi connectivity index (χ1n) is 8.32. The Kier molecular flexibility index (Phi) is 4.67.